The average Bonchev–Trinajstić information content (AvgIpc) is 3.37. The average molecular weight is 1030 g/mol. The van der Waals surface area contributed by atoms with Crippen molar-refractivity contribution < 1.29 is 73.8 Å². The molecule has 72 heavy (non-hydrogen) atoms. The Hall–Kier alpha value is -2.28. The van der Waals surface area contributed by atoms with Crippen LogP contribution < -0.4 is 0 Å². The van der Waals surface area contributed by atoms with E-state index in [2.05, 4.69) is 44.2 Å². The highest BCUT2D eigenvalue weighted by Crippen LogP contribution is 2.27. The van der Waals surface area contributed by atoms with E-state index < -0.39 is 99.3 Å². The number of carbonyl (C=O) groups is 2. The van der Waals surface area contributed by atoms with Crippen molar-refractivity contribution in [2.75, 3.05) is 26.4 Å². The third-order valence-corrected chi connectivity index (χ3v) is 13.6. The predicted octanol–water partition coefficient (Wildman–Crippen LogP) is 9.27. The largest absolute Gasteiger partial charge is 0.462 e. The van der Waals surface area contributed by atoms with Gasteiger partial charge in [-0.1, -0.05) is 179 Å². The van der Waals surface area contributed by atoms with Crippen molar-refractivity contribution in [3.8, 4) is 0 Å². The first kappa shape index (κ1) is 65.8. The summed E-state index contributed by atoms with van der Waals surface area (Å²) in [6, 6.07) is 0. The van der Waals surface area contributed by atoms with Crippen LogP contribution in [-0.4, -0.2) is 142 Å². The highest BCUT2D eigenvalue weighted by molar-refractivity contribution is 5.70. The molecule has 0 amide bonds. The van der Waals surface area contributed by atoms with Crippen molar-refractivity contribution >= 4 is 11.9 Å². The predicted molar refractivity (Wildman–Crippen MR) is 280 cm³/mol. The Bertz CT molecular complexity index is 1390. The monoisotopic (exact) mass is 1030 g/mol. The van der Waals surface area contributed by atoms with Gasteiger partial charge >= 0.3 is 11.9 Å². The maximum absolute atomic E-state index is 13.0. The standard InChI is InChI=1S/C57H102O15/c1-3-5-7-9-11-13-15-17-19-21-22-24-25-27-29-31-33-35-37-39-48(59)67-42-45(70-49(60)40-38-36-34-32-30-28-26-23-20-18-16-14-12-10-8-6-4-2)43-68-56-55(66)53(64)51(62)47(72-56)44-69-57-54(65)52(63)50(61)46(41-58)71-57/h17,19,26,28,32,34,45-47,50-58,61-66H,3-16,18,20-25,27,29-31,33,35-44H2,1-2H3/b19-17+,28-26+,34-32+/t45-,46+,47+,50-,51-,52?,53?,54?,55?,56+,57+/m0/s1. The molecule has 0 aliphatic carbocycles. The second-order valence-electron chi connectivity index (χ2n) is 20.1. The number of esters is 2. The summed E-state index contributed by atoms with van der Waals surface area (Å²) in [5.41, 5.74) is 0. The number of unbranched alkanes of at least 4 members (excludes halogenated alkanes) is 25. The van der Waals surface area contributed by atoms with Gasteiger partial charge in [-0.15, -0.1) is 0 Å². The van der Waals surface area contributed by atoms with Crippen LogP contribution in [0.5, 0.6) is 0 Å². The van der Waals surface area contributed by atoms with Crippen LogP contribution in [0, 0.1) is 0 Å². The minimum absolute atomic E-state index is 0.102. The molecule has 0 radical (unpaired) electrons. The van der Waals surface area contributed by atoms with Crippen molar-refractivity contribution in [1.82, 2.24) is 0 Å². The third-order valence-electron chi connectivity index (χ3n) is 13.6. The van der Waals surface area contributed by atoms with Crippen molar-refractivity contribution in [2.45, 2.75) is 287 Å². The first-order valence-electron chi connectivity index (χ1n) is 28.6. The molecule has 2 rings (SSSR count). The zero-order valence-electron chi connectivity index (χ0n) is 44.7. The van der Waals surface area contributed by atoms with Crippen molar-refractivity contribution in [1.29, 1.82) is 0 Å². The molecule has 4 unspecified atom stereocenters. The Morgan fingerprint density at radius 3 is 1.35 bits per heavy atom. The van der Waals surface area contributed by atoms with E-state index in [-0.39, 0.29) is 19.4 Å². The number of allylic oxidation sites excluding steroid dienone is 6. The van der Waals surface area contributed by atoms with Gasteiger partial charge < -0.3 is 64.2 Å². The van der Waals surface area contributed by atoms with Crippen LogP contribution in [-0.2, 0) is 38.0 Å². The number of ether oxygens (including phenoxy) is 6. The van der Waals surface area contributed by atoms with Crippen molar-refractivity contribution in [2.24, 2.45) is 0 Å². The van der Waals surface area contributed by atoms with Crippen LogP contribution in [0.25, 0.3) is 0 Å². The summed E-state index contributed by atoms with van der Waals surface area (Å²) in [7, 11) is 0. The summed E-state index contributed by atoms with van der Waals surface area (Å²) in [4.78, 5) is 25.8. The highest BCUT2D eigenvalue weighted by atomic mass is 16.7. The molecule has 0 aromatic carbocycles. The van der Waals surface area contributed by atoms with Gasteiger partial charge in [-0.2, -0.15) is 0 Å². The Morgan fingerprint density at radius 1 is 0.444 bits per heavy atom. The second-order valence-corrected chi connectivity index (χ2v) is 20.1. The van der Waals surface area contributed by atoms with Gasteiger partial charge in [-0.3, -0.25) is 9.59 Å². The Morgan fingerprint density at radius 2 is 0.847 bits per heavy atom. The fourth-order valence-corrected chi connectivity index (χ4v) is 8.90. The smallest absolute Gasteiger partial charge is 0.306 e. The van der Waals surface area contributed by atoms with E-state index in [4.69, 9.17) is 28.4 Å². The fraction of sp³-hybridized carbons (Fsp3) is 0.860. The molecule has 0 bridgehead atoms. The normalized spacial score (nSPS) is 25.2. The molecule has 2 aliphatic heterocycles. The molecule has 0 aromatic heterocycles. The lowest BCUT2D eigenvalue weighted by Crippen LogP contribution is -2.61. The summed E-state index contributed by atoms with van der Waals surface area (Å²) >= 11 is 0. The Labute approximate surface area is 434 Å². The lowest BCUT2D eigenvalue weighted by Gasteiger charge is -2.42. The first-order chi connectivity index (χ1) is 35.0. The van der Waals surface area contributed by atoms with Gasteiger partial charge in [-0.05, 0) is 64.2 Å². The van der Waals surface area contributed by atoms with Crippen LogP contribution in [0.15, 0.2) is 36.5 Å². The number of hydrogen-bond donors (Lipinski definition) is 7. The second kappa shape index (κ2) is 43.9. The molecular formula is C57H102O15. The highest BCUT2D eigenvalue weighted by Gasteiger charge is 2.47. The molecular weight excluding hydrogens is 925 g/mol. The molecule has 0 aromatic rings. The quantitative estimate of drug-likeness (QED) is 0.0171. The molecule has 420 valence electrons. The molecule has 0 saturated carbocycles. The van der Waals surface area contributed by atoms with E-state index in [0.717, 1.165) is 32.1 Å². The summed E-state index contributed by atoms with van der Waals surface area (Å²) in [6.45, 7) is 2.57. The molecule has 2 aliphatic rings. The van der Waals surface area contributed by atoms with Crippen LogP contribution in [0.2, 0.25) is 0 Å². The number of aliphatic hydroxyl groups excluding tert-OH is 7. The van der Waals surface area contributed by atoms with Crippen molar-refractivity contribution in [3.05, 3.63) is 36.5 Å². The van der Waals surface area contributed by atoms with E-state index >= 15 is 0 Å². The molecule has 11 atom stereocenters. The minimum Gasteiger partial charge on any atom is -0.462 e. The minimum atomic E-state index is -1.77. The van der Waals surface area contributed by atoms with Gasteiger partial charge in [-0.25, -0.2) is 0 Å². The maximum Gasteiger partial charge on any atom is 0.306 e. The summed E-state index contributed by atoms with van der Waals surface area (Å²) < 4.78 is 33.6. The molecule has 2 fully saturated rings. The van der Waals surface area contributed by atoms with Gasteiger partial charge in [0.15, 0.2) is 18.7 Å². The molecule has 2 heterocycles. The number of hydrogen-bond acceptors (Lipinski definition) is 15. The number of carbonyl (C=O) groups excluding carboxylic acids is 2. The van der Waals surface area contributed by atoms with E-state index in [1.165, 1.54) is 141 Å². The van der Waals surface area contributed by atoms with Crippen LogP contribution in [0.1, 0.15) is 219 Å². The fourth-order valence-electron chi connectivity index (χ4n) is 8.90. The van der Waals surface area contributed by atoms with E-state index in [9.17, 15) is 45.3 Å². The molecule has 7 N–H and O–H groups in total. The lowest BCUT2D eigenvalue weighted by atomic mass is 9.98. The number of rotatable bonds is 45. The SMILES string of the molecule is CCCCCCCC/C=C/CCCCCCCCCCCC(=O)OC[C@@H](CO[C@@H]1O[C@H](CO[C@@H]2O[C@H](CO)[C@H](O)C(O)C2O)[C@H](O)C(O)C1O)OC(=O)CCC/C=C/C/C=C/CCCCCCCCCCC. The van der Waals surface area contributed by atoms with Gasteiger partial charge in [0.05, 0.1) is 19.8 Å². The molecule has 0 spiro atoms. The summed E-state index contributed by atoms with van der Waals surface area (Å²) in [5.74, 6) is -0.974. The van der Waals surface area contributed by atoms with Crippen LogP contribution in [0.3, 0.4) is 0 Å². The summed E-state index contributed by atoms with van der Waals surface area (Å²) in [6.07, 6.45) is 31.7. The van der Waals surface area contributed by atoms with Gasteiger partial charge in [0.1, 0.15) is 55.4 Å². The van der Waals surface area contributed by atoms with Crippen LogP contribution >= 0.6 is 0 Å². The Balaban J connectivity index is 1.78. The van der Waals surface area contributed by atoms with E-state index in [0.29, 0.717) is 19.3 Å². The zero-order valence-corrected chi connectivity index (χ0v) is 44.7. The van der Waals surface area contributed by atoms with Gasteiger partial charge in [0.25, 0.3) is 0 Å². The van der Waals surface area contributed by atoms with Gasteiger partial charge in [0, 0.05) is 12.8 Å². The van der Waals surface area contributed by atoms with Crippen molar-refractivity contribution in [3.63, 3.8) is 0 Å². The lowest BCUT2D eigenvalue weighted by molar-refractivity contribution is -0.332. The van der Waals surface area contributed by atoms with Crippen LogP contribution in [0.4, 0.5) is 0 Å². The van der Waals surface area contributed by atoms with Gasteiger partial charge in [0.2, 0.25) is 0 Å². The zero-order chi connectivity index (χ0) is 52.4. The third kappa shape index (κ3) is 30.9. The maximum atomic E-state index is 13.0. The van der Waals surface area contributed by atoms with E-state index in [1.807, 2.05) is 6.08 Å². The number of aliphatic hydroxyl groups is 7. The molecule has 15 nitrogen and oxygen atoms in total. The van der Waals surface area contributed by atoms with E-state index in [1.54, 1.807) is 0 Å². The molecule has 15 heteroatoms. The summed E-state index contributed by atoms with van der Waals surface area (Å²) in [5, 5.41) is 72.2. The Kier molecular flexibility index (Phi) is 40.1. The molecule has 2 saturated heterocycles. The first-order valence-corrected chi connectivity index (χ1v) is 28.6. The topological polar surface area (TPSA) is 231 Å².